The van der Waals surface area contributed by atoms with Gasteiger partial charge in [-0.25, -0.2) is 14.0 Å². The van der Waals surface area contributed by atoms with Crippen LogP contribution in [0.5, 0.6) is 5.75 Å². The second-order valence-electron chi connectivity index (χ2n) is 7.01. The summed E-state index contributed by atoms with van der Waals surface area (Å²) in [5.41, 5.74) is 0.731. The molecule has 1 heterocycles. The lowest BCUT2D eigenvalue weighted by atomic mass is 9.99. The molecule has 1 aromatic heterocycles. The van der Waals surface area contributed by atoms with E-state index in [0.717, 1.165) is 0 Å². The van der Waals surface area contributed by atoms with Crippen LogP contribution in [0.15, 0.2) is 63.8 Å². The molecule has 0 radical (unpaired) electrons. The van der Waals surface area contributed by atoms with Crippen LogP contribution < -0.4 is 10.4 Å². The fraction of sp³-hybridized carbons (Fsp3) is 0.0833. The molecule has 0 fully saturated rings. The van der Waals surface area contributed by atoms with Gasteiger partial charge in [0, 0.05) is 34.0 Å². The van der Waals surface area contributed by atoms with Crippen molar-refractivity contribution in [1.82, 2.24) is 0 Å². The molecule has 4 aromatic rings. The fourth-order valence-corrected chi connectivity index (χ4v) is 4.15. The van der Waals surface area contributed by atoms with Crippen LogP contribution in [0.2, 0.25) is 15.1 Å². The number of carbonyl (C=O) groups excluding carboxylic acids is 1. The van der Waals surface area contributed by atoms with Crippen molar-refractivity contribution in [2.24, 2.45) is 0 Å². The highest BCUT2D eigenvalue weighted by Gasteiger charge is 2.19. The molecule has 4 nitrogen and oxygen atoms in total. The van der Waals surface area contributed by atoms with Gasteiger partial charge in [-0.1, -0.05) is 46.9 Å². The third-order valence-corrected chi connectivity index (χ3v) is 6.04. The number of carbonyl (C=O) groups is 1. The van der Waals surface area contributed by atoms with E-state index >= 15 is 0 Å². The standard InChI is InChI=1S/C24H14Cl3FO4/c1-12-14-9-8-13(31-24(30)22-18(26)5-2-6-19(22)27)10-21(14)32-23(29)15(12)11-16-17(25)4-3-7-20(16)28/h2-10H,11H2,1H3. The number of halogens is 4. The van der Waals surface area contributed by atoms with E-state index in [2.05, 4.69) is 0 Å². The molecule has 162 valence electrons. The van der Waals surface area contributed by atoms with Gasteiger partial charge in [-0.05, 0) is 48.9 Å². The zero-order valence-corrected chi connectivity index (χ0v) is 18.8. The first-order valence-electron chi connectivity index (χ1n) is 9.41. The number of esters is 1. The molecule has 0 aliphatic rings. The Hall–Kier alpha value is -2.86. The zero-order chi connectivity index (χ0) is 23.0. The molecule has 0 N–H and O–H groups in total. The van der Waals surface area contributed by atoms with E-state index in [0.29, 0.717) is 10.9 Å². The van der Waals surface area contributed by atoms with Crippen molar-refractivity contribution in [3.8, 4) is 5.75 Å². The van der Waals surface area contributed by atoms with Crippen molar-refractivity contribution in [1.29, 1.82) is 0 Å². The maximum absolute atomic E-state index is 14.2. The van der Waals surface area contributed by atoms with Gasteiger partial charge in [-0.2, -0.15) is 0 Å². The summed E-state index contributed by atoms with van der Waals surface area (Å²) < 4.78 is 25.0. The van der Waals surface area contributed by atoms with E-state index in [-0.39, 0.29) is 49.5 Å². The predicted octanol–water partition coefficient (Wildman–Crippen LogP) is 7.01. The SMILES string of the molecule is Cc1c(Cc2c(F)cccc2Cl)c(=O)oc2cc(OC(=O)c3c(Cl)cccc3Cl)ccc12. The lowest BCUT2D eigenvalue weighted by molar-refractivity contribution is 0.0735. The molecule has 0 bridgehead atoms. The van der Waals surface area contributed by atoms with E-state index < -0.39 is 17.4 Å². The Kier molecular flexibility index (Phi) is 6.24. The number of aryl methyl sites for hydroxylation is 1. The Morgan fingerprint density at radius 3 is 2.31 bits per heavy atom. The summed E-state index contributed by atoms with van der Waals surface area (Å²) in [5, 5.41) is 1.15. The highest BCUT2D eigenvalue weighted by molar-refractivity contribution is 6.39. The van der Waals surface area contributed by atoms with Crippen LogP contribution in [0.1, 0.15) is 27.0 Å². The molecule has 0 amide bonds. The summed E-state index contributed by atoms with van der Waals surface area (Å²) in [6, 6.07) is 13.6. The highest BCUT2D eigenvalue weighted by Crippen LogP contribution is 2.29. The summed E-state index contributed by atoms with van der Waals surface area (Å²) in [5.74, 6) is -1.10. The summed E-state index contributed by atoms with van der Waals surface area (Å²) in [6.45, 7) is 1.73. The lowest BCUT2D eigenvalue weighted by Gasteiger charge is -2.11. The zero-order valence-electron chi connectivity index (χ0n) is 16.5. The van der Waals surface area contributed by atoms with Gasteiger partial charge in [0.25, 0.3) is 0 Å². The first-order chi connectivity index (χ1) is 15.3. The Bertz CT molecular complexity index is 1390. The first-order valence-corrected chi connectivity index (χ1v) is 10.5. The molecule has 0 atom stereocenters. The number of rotatable bonds is 4. The molecule has 3 aromatic carbocycles. The van der Waals surface area contributed by atoms with Crippen molar-refractivity contribution >= 4 is 51.7 Å². The largest absolute Gasteiger partial charge is 0.423 e. The fourth-order valence-electron chi connectivity index (χ4n) is 3.37. The molecule has 0 aliphatic heterocycles. The molecule has 8 heteroatoms. The third kappa shape index (κ3) is 4.24. The van der Waals surface area contributed by atoms with Gasteiger partial charge in [0.2, 0.25) is 0 Å². The van der Waals surface area contributed by atoms with E-state index in [9.17, 15) is 14.0 Å². The number of hydrogen-bond acceptors (Lipinski definition) is 4. The quantitative estimate of drug-likeness (QED) is 0.175. The normalized spacial score (nSPS) is 11.0. The Morgan fingerprint density at radius 2 is 1.62 bits per heavy atom. The van der Waals surface area contributed by atoms with Gasteiger partial charge in [0.15, 0.2) is 0 Å². The van der Waals surface area contributed by atoms with Crippen molar-refractivity contribution in [2.75, 3.05) is 0 Å². The van der Waals surface area contributed by atoms with Crippen LogP contribution in [0.4, 0.5) is 4.39 Å². The van der Waals surface area contributed by atoms with Gasteiger partial charge in [-0.15, -0.1) is 0 Å². The number of ether oxygens (including phenoxy) is 1. The molecule has 0 unspecified atom stereocenters. The first kappa shape index (κ1) is 22.3. The smallest absolute Gasteiger partial charge is 0.346 e. The third-order valence-electron chi connectivity index (χ3n) is 5.05. The highest BCUT2D eigenvalue weighted by atomic mass is 35.5. The van der Waals surface area contributed by atoms with Crippen LogP contribution in [-0.2, 0) is 6.42 Å². The van der Waals surface area contributed by atoms with Crippen molar-refractivity contribution in [3.63, 3.8) is 0 Å². The minimum atomic E-state index is -0.746. The summed E-state index contributed by atoms with van der Waals surface area (Å²) in [7, 11) is 0. The number of benzene rings is 3. The monoisotopic (exact) mass is 490 g/mol. The molecule has 0 saturated heterocycles. The maximum atomic E-state index is 14.2. The van der Waals surface area contributed by atoms with Crippen LogP contribution in [0.25, 0.3) is 11.0 Å². The summed E-state index contributed by atoms with van der Waals surface area (Å²) >= 11 is 18.2. The van der Waals surface area contributed by atoms with E-state index in [1.165, 1.54) is 30.3 Å². The van der Waals surface area contributed by atoms with Gasteiger partial charge in [-0.3, -0.25) is 0 Å². The molecule has 0 aliphatic carbocycles. The van der Waals surface area contributed by atoms with E-state index in [1.54, 1.807) is 31.2 Å². The molecular formula is C24H14Cl3FO4. The van der Waals surface area contributed by atoms with Crippen molar-refractivity contribution in [2.45, 2.75) is 13.3 Å². The van der Waals surface area contributed by atoms with Gasteiger partial charge in [0.05, 0.1) is 15.6 Å². The van der Waals surface area contributed by atoms with Crippen LogP contribution in [0.3, 0.4) is 0 Å². The second kappa shape index (κ2) is 8.94. The topological polar surface area (TPSA) is 56.5 Å². The van der Waals surface area contributed by atoms with Crippen LogP contribution in [-0.4, -0.2) is 5.97 Å². The summed E-state index contributed by atoms with van der Waals surface area (Å²) in [6.07, 6.45) is -0.0165. The van der Waals surface area contributed by atoms with Gasteiger partial charge in [0.1, 0.15) is 17.1 Å². The Labute approximate surface area is 197 Å². The molecule has 32 heavy (non-hydrogen) atoms. The van der Waals surface area contributed by atoms with Crippen molar-refractivity contribution < 1.29 is 18.3 Å². The summed E-state index contributed by atoms with van der Waals surface area (Å²) in [4.78, 5) is 25.2. The Balaban J connectivity index is 1.70. The number of hydrogen-bond donors (Lipinski definition) is 0. The average molecular weight is 492 g/mol. The van der Waals surface area contributed by atoms with Gasteiger partial charge < -0.3 is 9.15 Å². The number of fused-ring (bicyclic) bond motifs is 1. The van der Waals surface area contributed by atoms with E-state index in [4.69, 9.17) is 44.0 Å². The lowest BCUT2D eigenvalue weighted by Crippen LogP contribution is -2.12. The molecule has 0 saturated carbocycles. The molecule has 0 spiro atoms. The average Bonchev–Trinajstić information content (AvgIpc) is 2.72. The van der Waals surface area contributed by atoms with Crippen LogP contribution in [0, 0.1) is 12.7 Å². The molecule has 4 rings (SSSR count). The second-order valence-corrected chi connectivity index (χ2v) is 8.24. The van der Waals surface area contributed by atoms with Crippen LogP contribution >= 0.6 is 34.8 Å². The minimum absolute atomic E-state index is 0.0165. The predicted molar refractivity (Wildman–Crippen MR) is 123 cm³/mol. The Morgan fingerprint density at radius 1 is 0.969 bits per heavy atom. The van der Waals surface area contributed by atoms with Crippen molar-refractivity contribution in [3.05, 3.63) is 108 Å². The minimum Gasteiger partial charge on any atom is -0.423 e. The van der Waals surface area contributed by atoms with E-state index in [1.807, 2.05) is 0 Å². The molecular weight excluding hydrogens is 478 g/mol. The maximum Gasteiger partial charge on any atom is 0.346 e. The van der Waals surface area contributed by atoms with Gasteiger partial charge >= 0.3 is 11.6 Å².